The first-order valence-electron chi connectivity index (χ1n) is 15.5. The zero-order valence-corrected chi connectivity index (χ0v) is 32.4. The lowest BCUT2D eigenvalue weighted by Crippen LogP contribution is -2.33. The minimum absolute atomic E-state index is 0.0293. The number of allylic oxidation sites excluding steroid dienone is 1. The highest BCUT2D eigenvalue weighted by Crippen LogP contribution is 2.38. The molecule has 1 unspecified atom stereocenters. The molecule has 0 radical (unpaired) electrons. The summed E-state index contributed by atoms with van der Waals surface area (Å²) >= 11 is 24.0. The number of carbonyl (C=O) groups is 3. The molecule has 2 aromatic carbocycles. The van der Waals surface area contributed by atoms with Crippen LogP contribution in [0.25, 0.3) is 6.08 Å². The molecular formula is C36H40Cl4N6O5. The first-order chi connectivity index (χ1) is 23.7. The fourth-order valence-electron chi connectivity index (χ4n) is 4.47. The zero-order valence-electron chi connectivity index (χ0n) is 29.4. The van der Waals surface area contributed by atoms with Crippen LogP contribution >= 0.6 is 46.4 Å². The molecule has 0 aliphatic carbocycles. The topological polar surface area (TPSA) is 154 Å². The van der Waals surface area contributed by atoms with Gasteiger partial charge < -0.3 is 20.5 Å². The molecule has 4 N–H and O–H groups in total. The monoisotopic (exact) mass is 776 g/mol. The summed E-state index contributed by atoms with van der Waals surface area (Å²) in [7, 11) is 0. The van der Waals surface area contributed by atoms with Crippen LogP contribution in [0.3, 0.4) is 0 Å². The number of esters is 2. The molecule has 1 aliphatic heterocycles. The van der Waals surface area contributed by atoms with Crippen molar-refractivity contribution >= 4 is 81.8 Å². The van der Waals surface area contributed by atoms with Gasteiger partial charge in [-0.1, -0.05) is 58.5 Å². The number of halogens is 4. The number of Topliss-reactive ketones (excluding diaryl/α,β-unsaturated/α-hetero) is 1. The van der Waals surface area contributed by atoms with E-state index in [1.165, 1.54) is 13.0 Å². The molecule has 51 heavy (non-hydrogen) atoms. The van der Waals surface area contributed by atoms with Crippen molar-refractivity contribution < 1.29 is 23.9 Å². The number of nitrogens with two attached hydrogens (primary N) is 1. The Hall–Kier alpha value is -4.29. The highest BCUT2D eigenvalue weighted by molar-refractivity contribution is 6.42. The maximum atomic E-state index is 12.9. The summed E-state index contributed by atoms with van der Waals surface area (Å²) < 4.78 is 12.6. The van der Waals surface area contributed by atoms with Crippen molar-refractivity contribution in [2.24, 2.45) is 0 Å². The van der Waals surface area contributed by atoms with Gasteiger partial charge in [0, 0.05) is 11.8 Å². The van der Waals surface area contributed by atoms with E-state index in [1.807, 2.05) is 39.8 Å². The smallest absolute Gasteiger partial charge is 0.342 e. The van der Waals surface area contributed by atoms with Gasteiger partial charge in [0.25, 0.3) is 0 Å². The van der Waals surface area contributed by atoms with Crippen molar-refractivity contribution in [3.63, 3.8) is 0 Å². The second-order valence-electron chi connectivity index (χ2n) is 13.2. The number of rotatable bonds is 5. The maximum absolute atomic E-state index is 12.9. The molecule has 5 rings (SSSR count). The number of aromatic amines is 1. The Morgan fingerprint density at radius 2 is 1.45 bits per heavy atom. The molecule has 15 heteroatoms. The number of hydrogen-bond acceptors (Lipinski definition) is 9. The Balaban J connectivity index is 0.000000241. The van der Waals surface area contributed by atoms with E-state index in [4.69, 9.17) is 61.6 Å². The van der Waals surface area contributed by atoms with Crippen molar-refractivity contribution in [2.75, 3.05) is 11.1 Å². The Morgan fingerprint density at radius 1 is 0.843 bits per heavy atom. The largest absolute Gasteiger partial charge is 0.456 e. The van der Waals surface area contributed by atoms with E-state index in [-0.39, 0.29) is 11.4 Å². The zero-order chi connectivity index (χ0) is 38.3. The third kappa shape index (κ3) is 12.2. The molecule has 1 atom stereocenters. The first-order valence-corrected chi connectivity index (χ1v) is 17.0. The number of hydrogen-bond donors (Lipinski definition) is 3. The van der Waals surface area contributed by atoms with Crippen LogP contribution in [0, 0.1) is 0 Å². The summed E-state index contributed by atoms with van der Waals surface area (Å²) in [6, 6.07) is 13.3. The van der Waals surface area contributed by atoms with Gasteiger partial charge in [-0.25, -0.2) is 14.3 Å². The molecule has 11 nitrogen and oxygen atoms in total. The van der Waals surface area contributed by atoms with E-state index in [9.17, 15) is 14.4 Å². The van der Waals surface area contributed by atoms with Crippen molar-refractivity contribution in [2.45, 2.75) is 72.6 Å². The fourth-order valence-corrected chi connectivity index (χ4v) is 5.08. The molecule has 4 aromatic rings. The van der Waals surface area contributed by atoms with Crippen LogP contribution in [0.1, 0.15) is 72.6 Å². The summed E-state index contributed by atoms with van der Waals surface area (Å²) in [5.41, 5.74) is 6.49. The minimum Gasteiger partial charge on any atom is -0.456 e. The number of benzene rings is 2. The van der Waals surface area contributed by atoms with E-state index in [0.717, 1.165) is 17.1 Å². The average molecular weight is 779 g/mol. The van der Waals surface area contributed by atoms with Crippen molar-refractivity contribution in [1.29, 1.82) is 0 Å². The van der Waals surface area contributed by atoms with E-state index in [1.54, 1.807) is 74.2 Å². The maximum Gasteiger partial charge on any atom is 0.342 e. The average Bonchev–Trinajstić information content (AvgIpc) is 3.68. The lowest BCUT2D eigenvalue weighted by atomic mass is 9.95. The van der Waals surface area contributed by atoms with Crippen molar-refractivity contribution in [1.82, 2.24) is 20.0 Å². The van der Waals surface area contributed by atoms with Crippen LogP contribution in [0.2, 0.25) is 20.1 Å². The number of nitrogen functional groups attached to an aromatic ring is 1. The van der Waals surface area contributed by atoms with Gasteiger partial charge in [0.2, 0.25) is 0 Å². The molecule has 0 bridgehead atoms. The number of carbonyl (C=O) groups excluding carboxylic acids is 3. The van der Waals surface area contributed by atoms with Gasteiger partial charge in [0.15, 0.2) is 5.78 Å². The molecule has 0 saturated heterocycles. The normalized spacial score (nSPS) is 14.2. The Labute approximate surface area is 317 Å². The number of nitrogens with zero attached hydrogens (tertiary/aromatic N) is 3. The van der Waals surface area contributed by atoms with Crippen LogP contribution < -0.4 is 11.1 Å². The van der Waals surface area contributed by atoms with E-state index in [2.05, 4.69) is 20.6 Å². The SMILES string of the molecule is CC(=O)C(=Cc1ccc(Cl)c(Cl)c1)C(=O)OC(C)(C)C.CC1=C(C(=O)OC(C)(C)C)C(c2ccc(Cl)c(Cl)c2)n2nccc2N1.Nc1ccn[nH]1. The van der Waals surface area contributed by atoms with Gasteiger partial charge in [-0.2, -0.15) is 10.2 Å². The Morgan fingerprint density at radius 3 is 1.94 bits per heavy atom. The van der Waals surface area contributed by atoms with Gasteiger partial charge in [0.1, 0.15) is 34.5 Å². The number of ketones is 1. The summed E-state index contributed by atoms with van der Waals surface area (Å²) in [6.45, 7) is 13.9. The molecule has 0 saturated carbocycles. The third-order valence-corrected chi connectivity index (χ3v) is 8.04. The number of fused-ring (bicyclic) bond motifs is 1. The standard InChI is InChI=1S/C18H19Cl2N3O2.C15H16Cl2O3.C3H5N3/c1-10-15(17(24)25-18(2,3)4)16(23-14(22-10)7-8-21-23)11-5-6-12(19)13(20)9-11;1-9(18)11(14(19)20-15(2,3)4)7-10-5-6-12(16)13(17)8-10;4-3-1-2-5-6-3/h5-9,16,22H,1-4H3;5-8H,1-4H3;1-2H,(H3,4,5,6). The molecule has 0 amide bonds. The van der Waals surface area contributed by atoms with E-state index >= 15 is 0 Å². The number of nitrogens with one attached hydrogen (secondary N) is 2. The van der Waals surface area contributed by atoms with Crippen LogP contribution in [0.4, 0.5) is 11.6 Å². The highest BCUT2D eigenvalue weighted by atomic mass is 35.5. The number of ether oxygens (including phenoxy) is 2. The summed E-state index contributed by atoms with van der Waals surface area (Å²) in [5, 5.41) is 15.3. The minimum atomic E-state index is -0.663. The quantitative estimate of drug-likeness (QED) is 0.0779. The van der Waals surface area contributed by atoms with Gasteiger partial charge in [-0.05, 0) is 103 Å². The first kappa shape index (κ1) is 41.1. The second kappa shape index (κ2) is 17.3. The van der Waals surface area contributed by atoms with E-state index in [0.29, 0.717) is 37.0 Å². The van der Waals surface area contributed by atoms with Gasteiger partial charge >= 0.3 is 11.9 Å². The summed E-state index contributed by atoms with van der Waals surface area (Å²) in [6.07, 6.45) is 4.73. The van der Waals surface area contributed by atoms with Crippen molar-refractivity contribution in [3.05, 3.63) is 109 Å². The Bertz CT molecular complexity index is 1940. The molecule has 3 heterocycles. The number of anilines is 2. The lowest BCUT2D eigenvalue weighted by Gasteiger charge is -2.31. The van der Waals surface area contributed by atoms with Crippen LogP contribution in [-0.2, 0) is 23.9 Å². The lowest BCUT2D eigenvalue weighted by molar-refractivity contribution is -0.151. The van der Waals surface area contributed by atoms with Crippen molar-refractivity contribution in [3.8, 4) is 0 Å². The molecule has 1 aliphatic rings. The summed E-state index contributed by atoms with van der Waals surface area (Å²) in [5.74, 6) is -0.0213. The molecule has 272 valence electrons. The van der Waals surface area contributed by atoms with Crippen LogP contribution in [0.5, 0.6) is 0 Å². The van der Waals surface area contributed by atoms with Crippen LogP contribution in [0.15, 0.2) is 77.8 Å². The number of aromatic nitrogens is 4. The van der Waals surface area contributed by atoms with E-state index < -0.39 is 29.2 Å². The number of H-pyrrole nitrogens is 1. The third-order valence-electron chi connectivity index (χ3n) is 6.56. The predicted molar refractivity (Wildman–Crippen MR) is 203 cm³/mol. The molecular weight excluding hydrogens is 738 g/mol. The second-order valence-corrected chi connectivity index (χ2v) is 14.8. The van der Waals surface area contributed by atoms with Gasteiger partial charge in [0.05, 0.1) is 38.1 Å². The highest BCUT2D eigenvalue weighted by Gasteiger charge is 2.35. The van der Waals surface area contributed by atoms with Crippen LogP contribution in [-0.4, -0.2) is 48.9 Å². The molecule has 0 spiro atoms. The fraction of sp³-hybridized carbons (Fsp3) is 0.306. The predicted octanol–water partition coefficient (Wildman–Crippen LogP) is 9.12. The molecule has 2 aromatic heterocycles. The van der Waals surface area contributed by atoms with Gasteiger partial charge in [-0.3, -0.25) is 9.89 Å². The Kier molecular flexibility index (Phi) is 13.9. The summed E-state index contributed by atoms with van der Waals surface area (Å²) in [4.78, 5) is 36.5. The van der Waals surface area contributed by atoms with Gasteiger partial charge in [-0.15, -0.1) is 0 Å². The molecule has 0 fully saturated rings.